The van der Waals surface area contributed by atoms with Crippen molar-refractivity contribution in [1.82, 2.24) is 9.78 Å². The fraction of sp³-hybridized carbons (Fsp3) is 0.280. The van der Waals surface area contributed by atoms with Gasteiger partial charge < -0.3 is 9.84 Å². The molecule has 1 N–H and O–H groups in total. The van der Waals surface area contributed by atoms with Gasteiger partial charge in [0.05, 0.1) is 22.7 Å². The minimum atomic E-state index is -4.81. The Morgan fingerprint density at radius 1 is 1.10 bits per heavy atom. The maximum atomic E-state index is 13.6. The van der Waals surface area contributed by atoms with Crippen molar-refractivity contribution in [2.24, 2.45) is 7.05 Å². The Morgan fingerprint density at radius 3 is 2.48 bits per heavy atom. The number of benzene rings is 2. The van der Waals surface area contributed by atoms with Crippen LogP contribution in [0.15, 0.2) is 53.6 Å². The lowest BCUT2D eigenvalue weighted by molar-refractivity contribution is -0.141. The molecule has 1 atom stereocenters. The average Bonchev–Trinajstić information content (AvgIpc) is 3.26. The Labute approximate surface area is 224 Å². The number of rotatable bonds is 7. The van der Waals surface area contributed by atoms with Gasteiger partial charge in [0.15, 0.2) is 5.69 Å². The van der Waals surface area contributed by atoms with Crippen LogP contribution in [0.5, 0.6) is 5.75 Å². The van der Waals surface area contributed by atoms with Crippen LogP contribution in [0, 0.1) is 0 Å². The van der Waals surface area contributed by atoms with Crippen LogP contribution < -0.4 is 9.04 Å². The monoisotopic (exact) mass is 589 g/mol. The summed E-state index contributed by atoms with van der Waals surface area (Å²) in [6.45, 7) is -0.410. The van der Waals surface area contributed by atoms with Crippen molar-refractivity contribution < 1.29 is 49.4 Å². The highest BCUT2D eigenvalue weighted by Gasteiger charge is 2.38. The van der Waals surface area contributed by atoms with Crippen molar-refractivity contribution in [3.05, 3.63) is 71.0 Å². The predicted molar refractivity (Wildman–Crippen MR) is 131 cm³/mol. The predicted octanol–water partition coefficient (Wildman–Crippen LogP) is 5.45. The van der Waals surface area contributed by atoms with Crippen molar-refractivity contribution in [3.8, 4) is 5.75 Å². The highest BCUT2D eigenvalue weighted by Crippen LogP contribution is 2.40. The molecule has 0 amide bonds. The summed E-state index contributed by atoms with van der Waals surface area (Å²) in [6, 6.07) is 7.24. The number of carboxylic acids is 1. The number of carboxylic acid groups (broad SMARTS) is 1. The Balaban J connectivity index is 1.76. The van der Waals surface area contributed by atoms with E-state index in [1.54, 1.807) is 0 Å². The number of aryl methyl sites for hydroxylation is 1. The van der Waals surface area contributed by atoms with Crippen LogP contribution in [0.1, 0.15) is 35.2 Å². The van der Waals surface area contributed by atoms with Gasteiger partial charge in [0.2, 0.25) is 0 Å². The molecule has 0 bridgehead atoms. The number of hydrogen-bond acceptors (Lipinski definition) is 5. The molecule has 214 valence electrons. The summed E-state index contributed by atoms with van der Waals surface area (Å²) in [6.07, 6.45) is -7.32. The van der Waals surface area contributed by atoms with Gasteiger partial charge in [-0.05, 0) is 42.3 Å². The topological polar surface area (TPSA) is 102 Å². The largest absolute Gasteiger partial charge is 0.486 e. The lowest BCUT2D eigenvalue weighted by Crippen LogP contribution is -2.43. The number of fused-ring (bicyclic) bond motifs is 1. The molecular formula is C25H21F6N3O5S. The number of carbonyl (C=O) groups is 1. The van der Waals surface area contributed by atoms with Crippen molar-refractivity contribution in [2.45, 2.75) is 36.2 Å². The van der Waals surface area contributed by atoms with Gasteiger partial charge in [0.1, 0.15) is 11.9 Å². The van der Waals surface area contributed by atoms with Crippen LogP contribution in [0.3, 0.4) is 0 Å². The van der Waals surface area contributed by atoms with Gasteiger partial charge in [-0.3, -0.25) is 13.8 Å². The molecule has 2 heterocycles. The van der Waals surface area contributed by atoms with E-state index >= 15 is 0 Å². The molecule has 0 radical (unpaired) electrons. The number of nitrogens with zero attached hydrogens (tertiary/aromatic N) is 3. The lowest BCUT2D eigenvalue weighted by Gasteiger charge is -2.35. The lowest BCUT2D eigenvalue weighted by atomic mass is 10.1. The van der Waals surface area contributed by atoms with E-state index in [2.05, 4.69) is 5.10 Å². The second kappa shape index (κ2) is 10.5. The summed E-state index contributed by atoms with van der Waals surface area (Å²) in [4.78, 5) is 10.4. The van der Waals surface area contributed by atoms with Crippen molar-refractivity contribution in [1.29, 1.82) is 0 Å². The summed E-state index contributed by atoms with van der Waals surface area (Å²) < 4.78 is 115. The van der Waals surface area contributed by atoms with E-state index in [0.717, 1.165) is 39.5 Å². The summed E-state index contributed by atoms with van der Waals surface area (Å²) >= 11 is 0. The van der Waals surface area contributed by atoms with Crippen molar-refractivity contribution in [3.63, 3.8) is 0 Å². The van der Waals surface area contributed by atoms with Crippen LogP contribution in [0.2, 0.25) is 0 Å². The van der Waals surface area contributed by atoms with Crippen molar-refractivity contribution >= 4 is 33.8 Å². The normalized spacial score (nSPS) is 16.2. The van der Waals surface area contributed by atoms with Crippen LogP contribution in [0.4, 0.5) is 32.0 Å². The molecule has 8 nitrogen and oxygen atoms in total. The number of hydrogen-bond donors (Lipinski definition) is 1. The Bertz CT molecular complexity index is 1560. The molecule has 4 rings (SSSR count). The molecule has 2 aromatic carbocycles. The van der Waals surface area contributed by atoms with E-state index < -0.39 is 57.1 Å². The molecule has 1 unspecified atom stereocenters. The maximum Gasteiger partial charge on any atom is 0.435 e. The number of sulfonamides is 1. The van der Waals surface area contributed by atoms with Crippen molar-refractivity contribution in [2.75, 3.05) is 10.8 Å². The highest BCUT2D eigenvalue weighted by atomic mass is 32.2. The van der Waals surface area contributed by atoms with E-state index in [0.29, 0.717) is 6.07 Å². The van der Waals surface area contributed by atoms with E-state index in [9.17, 15) is 39.6 Å². The second-order valence-corrected chi connectivity index (χ2v) is 10.8. The minimum Gasteiger partial charge on any atom is -0.486 e. The summed E-state index contributed by atoms with van der Waals surface area (Å²) in [5, 5.41) is 12.4. The third-order valence-corrected chi connectivity index (χ3v) is 7.70. The van der Waals surface area contributed by atoms with Gasteiger partial charge in [-0.15, -0.1) is 0 Å². The van der Waals surface area contributed by atoms with Crippen LogP contribution in [-0.4, -0.2) is 41.9 Å². The Morgan fingerprint density at radius 2 is 1.82 bits per heavy atom. The van der Waals surface area contributed by atoms with E-state index in [-0.39, 0.29) is 35.4 Å². The number of ether oxygens (including phenoxy) is 1. The Hall–Kier alpha value is -4.01. The van der Waals surface area contributed by atoms with Gasteiger partial charge in [-0.25, -0.2) is 8.42 Å². The molecule has 0 aliphatic carbocycles. The quantitative estimate of drug-likeness (QED) is 0.368. The molecular weight excluding hydrogens is 568 g/mol. The van der Waals surface area contributed by atoms with Crippen LogP contribution in [-0.2, 0) is 34.2 Å². The number of halogens is 6. The first-order valence-corrected chi connectivity index (χ1v) is 13.0. The van der Waals surface area contributed by atoms with Gasteiger partial charge >= 0.3 is 18.3 Å². The third-order valence-electron chi connectivity index (χ3n) is 5.93. The molecule has 1 aromatic heterocycles. The average molecular weight is 590 g/mol. The van der Waals surface area contributed by atoms with E-state index in [4.69, 9.17) is 9.84 Å². The number of alkyl halides is 6. The zero-order valence-corrected chi connectivity index (χ0v) is 21.4. The molecule has 3 aromatic rings. The third kappa shape index (κ3) is 6.24. The maximum absolute atomic E-state index is 13.6. The first kappa shape index (κ1) is 29.0. The molecule has 15 heteroatoms. The zero-order valence-electron chi connectivity index (χ0n) is 20.6. The number of aromatic nitrogens is 2. The second-order valence-electron chi connectivity index (χ2n) is 8.90. The summed E-state index contributed by atoms with van der Waals surface area (Å²) in [5.74, 6) is -1.15. The molecule has 0 spiro atoms. The molecule has 40 heavy (non-hydrogen) atoms. The standard InChI is InChI=1S/C25H21F6N3O5S/c1-33-13-16(23(32-33)25(29,30)31)7-5-15-6-9-21-20(11-15)34(14-18(39-21)8-10-22(35)36)40(37,38)19-4-2-3-17(12-19)24(26,27)28/h2-7,9,11-13,18H,8,10,14H2,1H3,(H,35,36). The minimum absolute atomic E-state index is 0.00620. The number of anilines is 1. The molecule has 0 saturated carbocycles. The zero-order chi connectivity index (χ0) is 29.5. The molecule has 0 saturated heterocycles. The summed E-state index contributed by atoms with van der Waals surface area (Å²) in [7, 11) is -3.30. The molecule has 1 aliphatic heterocycles. The van der Waals surface area contributed by atoms with Gasteiger partial charge in [0, 0.05) is 25.2 Å². The van der Waals surface area contributed by atoms with E-state index in [1.165, 1.54) is 31.3 Å². The number of aliphatic carboxylic acids is 1. The Kier molecular flexibility index (Phi) is 7.62. The fourth-order valence-electron chi connectivity index (χ4n) is 4.09. The van der Waals surface area contributed by atoms with Crippen LogP contribution in [0.25, 0.3) is 12.2 Å². The fourth-order valence-corrected chi connectivity index (χ4v) is 5.64. The summed E-state index contributed by atoms with van der Waals surface area (Å²) in [5.41, 5.74) is -2.37. The SMILES string of the molecule is Cn1cc(C=Cc2ccc3c(c2)N(S(=O)(=O)c2cccc(C(F)(F)F)c2)CC(CCC(=O)O)O3)c(C(F)(F)F)n1. The molecule has 0 fully saturated rings. The smallest absolute Gasteiger partial charge is 0.435 e. The molecule has 1 aliphatic rings. The van der Waals surface area contributed by atoms with E-state index in [1.807, 2.05) is 0 Å². The van der Waals surface area contributed by atoms with Crippen LogP contribution >= 0.6 is 0 Å². The van der Waals surface area contributed by atoms with Gasteiger partial charge in [-0.1, -0.05) is 24.3 Å². The first-order valence-electron chi connectivity index (χ1n) is 11.6. The van der Waals surface area contributed by atoms with Gasteiger partial charge in [-0.2, -0.15) is 31.4 Å². The highest BCUT2D eigenvalue weighted by molar-refractivity contribution is 7.92. The van der Waals surface area contributed by atoms with Gasteiger partial charge in [0.25, 0.3) is 10.0 Å². The first-order chi connectivity index (χ1) is 18.6.